The molecule has 2 aliphatic heterocycles. The number of hydrogen-bond acceptors (Lipinski definition) is 2. The van der Waals surface area contributed by atoms with Crippen molar-refractivity contribution in [1.29, 1.82) is 0 Å². The molecule has 0 saturated carbocycles. The minimum absolute atomic E-state index is 0.0468. The number of fused-ring (bicyclic) bond motifs is 1. The Morgan fingerprint density at radius 3 is 2.73 bits per heavy atom. The Labute approximate surface area is 154 Å². The second-order valence-corrected chi connectivity index (χ2v) is 7.38. The Balaban J connectivity index is 1.70. The van der Waals surface area contributed by atoms with E-state index >= 15 is 0 Å². The van der Waals surface area contributed by atoms with Crippen molar-refractivity contribution in [3.63, 3.8) is 0 Å². The van der Waals surface area contributed by atoms with Gasteiger partial charge in [0.2, 0.25) is 5.91 Å². The van der Waals surface area contributed by atoms with Gasteiger partial charge >= 0.3 is 0 Å². The monoisotopic (exact) mass is 348 g/mol. The van der Waals surface area contributed by atoms with E-state index in [1.54, 1.807) is 4.90 Å². The van der Waals surface area contributed by atoms with Gasteiger partial charge in [-0.2, -0.15) is 0 Å². The lowest BCUT2D eigenvalue weighted by Gasteiger charge is -2.41. The first-order valence-corrected chi connectivity index (χ1v) is 9.34. The van der Waals surface area contributed by atoms with Crippen LogP contribution in [0.3, 0.4) is 0 Å². The van der Waals surface area contributed by atoms with Gasteiger partial charge in [-0.05, 0) is 43.9 Å². The molecule has 134 valence electrons. The highest BCUT2D eigenvalue weighted by molar-refractivity contribution is 6.03. The van der Waals surface area contributed by atoms with E-state index in [9.17, 15) is 9.59 Å². The highest BCUT2D eigenvalue weighted by Crippen LogP contribution is 2.30. The molecule has 2 atom stereocenters. The largest absolute Gasteiger partial charge is 0.336 e. The first-order valence-electron chi connectivity index (χ1n) is 9.34. The van der Waals surface area contributed by atoms with Crippen LogP contribution < -0.4 is 0 Å². The lowest BCUT2D eigenvalue weighted by Crippen LogP contribution is -2.60. The van der Waals surface area contributed by atoms with Crippen molar-refractivity contribution in [2.45, 2.75) is 38.8 Å². The summed E-state index contributed by atoms with van der Waals surface area (Å²) in [7, 11) is 0. The number of aryl methyl sites for hydroxylation is 1. The number of nitrogens with zero attached hydrogens (tertiary/aromatic N) is 2. The summed E-state index contributed by atoms with van der Waals surface area (Å²) >= 11 is 0. The Morgan fingerprint density at radius 1 is 1.12 bits per heavy atom. The van der Waals surface area contributed by atoms with Crippen LogP contribution in [0.25, 0.3) is 11.1 Å². The predicted molar refractivity (Wildman–Crippen MR) is 102 cm³/mol. The topological polar surface area (TPSA) is 40.6 Å². The molecule has 2 amide bonds. The van der Waals surface area contributed by atoms with Crippen LogP contribution in [0.4, 0.5) is 0 Å². The standard InChI is InChI=1S/C22H24N2O2/c1-15-7-5-8-17(13-15)19-10-3-4-11-20(19)22(26)24-14-18-9-6-12-23(18)21(25)16(24)2/h3-5,7-8,10-11,13,16,18H,6,9,12,14H2,1-2H3/t16-,18+/m0/s1. The maximum absolute atomic E-state index is 13.4. The zero-order valence-electron chi connectivity index (χ0n) is 15.3. The smallest absolute Gasteiger partial charge is 0.255 e. The minimum Gasteiger partial charge on any atom is -0.336 e. The Kier molecular flexibility index (Phi) is 4.27. The van der Waals surface area contributed by atoms with E-state index in [4.69, 9.17) is 0 Å². The molecule has 2 aliphatic rings. The van der Waals surface area contributed by atoms with Gasteiger partial charge < -0.3 is 9.80 Å². The highest BCUT2D eigenvalue weighted by atomic mass is 16.2. The van der Waals surface area contributed by atoms with Gasteiger partial charge in [-0.25, -0.2) is 0 Å². The van der Waals surface area contributed by atoms with E-state index in [0.29, 0.717) is 12.1 Å². The van der Waals surface area contributed by atoms with Crippen LogP contribution in [-0.2, 0) is 4.79 Å². The summed E-state index contributed by atoms with van der Waals surface area (Å²) in [5, 5.41) is 0. The molecule has 0 unspecified atom stereocenters. The maximum atomic E-state index is 13.4. The van der Waals surface area contributed by atoms with E-state index in [2.05, 4.69) is 6.07 Å². The molecule has 2 aromatic rings. The van der Waals surface area contributed by atoms with E-state index in [-0.39, 0.29) is 17.9 Å². The van der Waals surface area contributed by atoms with Gasteiger partial charge in [0.05, 0.1) is 0 Å². The Bertz CT molecular complexity index is 861. The molecule has 0 bridgehead atoms. The second kappa shape index (κ2) is 6.60. The van der Waals surface area contributed by atoms with Crippen molar-refractivity contribution >= 4 is 11.8 Å². The summed E-state index contributed by atoms with van der Waals surface area (Å²) in [5.74, 6) is 0.0367. The summed E-state index contributed by atoms with van der Waals surface area (Å²) in [6.45, 7) is 5.36. The SMILES string of the molecule is Cc1cccc(-c2ccccc2C(=O)N2C[C@H]3CCCN3C(=O)[C@@H]2C)c1. The van der Waals surface area contributed by atoms with Crippen LogP contribution in [0.15, 0.2) is 48.5 Å². The summed E-state index contributed by atoms with van der Waals surface area (Å²) < 4.78 is 0. The van der Waals surface area contributed by atoms with Crippen molar-refractivity contribution in [3.05, 3.63) is 59.7 Å². The van der Waals surface area contributed by atoms with Crippen LogP contribution in [0.1, 0.15) is 35.7 Å². The van der Waals surface area contributed by atoms with Crippen LogP contribution >= 0.6 is 0 Å². The number of piperazine rings is 1. The Morgan fingerprint density at radius 2 is 1.92 bits per heavy atom. The Hall–Kier alpha value is -2.62. The zero-order chi connectivity index (χ0) is 18.3. The molecule has 4 rings (SSSR count). The first-order chi connectivity index (χ1) is 12.6. The molecule has 4 heteroatoms. The fourth-order valence-corrected chi connectivity index (χ4v) is 4.22. The molecule has 2 saturated heterocycles. The number of amides is 2. The number of hydrogen-bond donors (Lipinski definition) is 0. The second-order valence-electron chi connectivity index (χ2n) is 7.38. The van der Waals surface area contributed by atoms with Gasteiger partial charge in [-0.1, -0.05) is 48.0 Å². The summed E-state index contributed by atoms with van der Waals surface area (Å²) in [6.07, 6.45) is 2.02. The summed E-state index contributed by atoms with van der Waals surface area (Å²) in [6, 6.07) is 15.7. The molecule has 0 radical (unpaired) electrons. The minimum atomic E-state index is -0.401. The summed E-state index contributed by atoms with van der Waals surface area (Å²) in [4.78, 5) is 29.8. The number of carbonyl (C=O) groups excluding carboxylic acids is 2. The number of benzene rings is 2. The van der Waals surface area contributed by atoms with Gasteiger partial charge in [0.1, 0.15) is 6.04 Å². The predicted octanol–water partition coefficient (Wildman–Crippen LogP) is 3.50. The van der Waals surface area contributed by atoms with E-state index in [0.717, 1.165) is 36.1 Å². The number of carbonyl (C=O) groups is 2. The molecule has 2 aromatic carbocycles. The van der Waals surface area contributed by atoms with Crippen molar-refractivity contribution in [1.82, 2.24) is 9.80 Å². The molecule has 2 fully saturated rings. The molecule has 0 aliphatic carbocycles. The fraction of sp³-hybridized carbons (Fsp3) is 0.364. The molecule has 2 heterocycles. The van der Waals surface area contributed by atoms with Crippen molar-refractivity contribution in [2.24, 2.45) is 0 Å². The molecule has 0 spiro atoms. The average Bonchev–Trinajstić information content (AvgIpc) is 3.13. The van der Waals surface area contributed by atoms with Gasteiger partial charge in [0.25, 0.3) is 5.91 Å². The van der Waals surface area contributed by atoms with Crippen molar-refractivity contribution in [2.75, 3.05) is 13.1 Å². The van der Waals surface area contributed by atoms with E-state index < -0.39 is 6.04 Å². The van der Waals surface area contributed by atoms with Gasteiger partial charge in [-0.3, -0.25) is 9.59 Å². The molecular weight excluding hydrogens is 324 g/mol. The lowest BCUT2D eigenvalue weighted by atomic mass is 9.96. The third-order valence-electron chi connectivity index (χ3n) is 5.64. The zero-order valence-corrected chi connectivity index (χ0v) is 15.3. The average molecular weight is 348 g/mol. The molecule has 4 nitrogen and oxygen atoms in total. The van der Waals surface area contributed by atoms with Crippen molar-refractivity contribution < 1.29 is 9.59 Å². The third kappa shape index (κ3) is 2.79. The first kappa shape index (κ1) is 16.8. The van der Waals surface area contributed by atoms with Gasteiger partial charge in [0.15, 0.2) is 0 Å². The summed E-state index contributed by atoms with van der Waals surface area (Å²) in [5.41, 5.74) is 3.79. The maximum Gasteiger partial charge on any atom is 0.255 e. The van der Waals surface area contributed by atoms with Crippen LogP contribution in [0.5, 0.6) is 0 Å². The molecule has 26 heavy (non-hydrogen) atoms. The lowest BCUT2D eigenvalue weighted by molar-refractivity contribution is -0.141. The van der Waals surface area contributed by atoms with Gasteiger partial charge in [-0.15, -0.1) is 0 Å². The molecule has 0 aromatic heterocycles. The fourth-order valence-electron chi connectivity index (χ4n) is 4.22. The van der Waals surface area contributed by atoms with E-state index in [1.165, 1.54) is 0 Å². The number of rotatable bonds is 2. The van der Waals surface area contributed by atoms with Gasteiger partial charge in [0, 0.05) is 24.7 Å². The van der Waals surface area contributed by atoms with Crippen LogP contribution in [0, 0.1) is 6.92 Å². The molecule has 0 N–H and O–H groups in total. The van der Waals surface area contributed by atoms with Crippen LogP contribution in [0.2, 0.25) is 0 Å². The van der Waals surface area contributed by atoms with Crippen molar-refractivity contribution in [3.8, 4) is 11.1 Å². The molecular formula is C22H24N2O2. The highest BCUT2D eigenvalue weighted by Gasteiger charge is 2.42. The third-order valence-corrected chi connectivity index (χ3v) is 5.64. The van der Waals surface area contributed by atoms with Crippen LogP contribution in [-0.4, -0.2) is 46.8 Å². The quantitative estimate of drug-likeness (QED) is 0.833. The van der Waals surface area contributed by atoms with E-state index in [1.807, 2.05) is 61.2 Å². The normalized spacial score (nSPS) is 22.5.